The van der Waals surface area contributed by atoms with Gasteiger partial charge in [-0.05, 0) is 30.9 Å². The fourth-order valence-corrected chi connectivity index (χ4v) is 2.35. The topological polar surface area (TPSA) is 35.2 Å². The molecule has 0 radical (unpaired) electrons. The lowest BCUT2D eigenvalue weighted by Crippen LogP contribution is -2.14. The average molecular weight is 235 g/mol. The standard InChI is InChI=1S/C13H17NOS/c14-13(16)11-7-3-4-8-12(11)15-9-10-5-1-2-6-10/h3-4,7-8,10H,1-2,5-6,9H2,(H2,14,16). The van der Waals surface area contributed by atoms with E-state index in [1.54, 1.807) is 0 Å². The van der Waals surface area contributed by atoms with Gasteiger partial charge in [0.2, 0.25) is 0 Å². The van der Waals surface area contributed by atoms with E-state index >= 15 is 0 Å². The zero-order valence-corrected chi connectivity index (χ0v) is 10.1. The Hall–Kier alpha value is -1.09. The number of nitrogens with two attached hydrogens (primary N) is 1. The summed E-state index contributed by atoms with van der Waals surface area (Å²) in [5.41, 5.74) is 6.49. The smallest absolute Gasteiger partial charge is 0.129 e. The predicted octanol–water partition coefficient (Wildman–Crippen LogP) is 2.89. The van der Waals surface area contributed by atoms with Gasteiger partial charge in [0.1, 0.15) is 10.7 Å². The van der Waals surface area contributed by atoms with Crippen LogP contribution in [0.4, 0.5) is 0 Å². The highest BCUT2D eigenvalue weighted by Crippen LogP contribution is 2.26. The van der Waals surface area contributed by atoms with E-state index in [-0.39, 0.29) is 0 Å². The van der Waals surface area contributed by atoms with Crippen LogP contribution >= 0.6 is 12.2 Å². The summed E-state index contributed by atoms with van der Waals surface area (Å²) in [5.74, 6) is 1.53. The van der Waals surface area contributed by atoms with Crippen LogP contribution in [-0.2, 0) is 0 Å². The minimum absolute atomic E-state index is 0.405. The number of ether oxygens (including phenoxy) is 1. The summed E-state index contributed by atoms with van der Waals surface area (Å²) >= 11 is 5.00. The zero-order valence-electron chi connectivity index (χ0n) is 9.32. The first-order valence-corrected chi connectivity index (χ1v) is 6.20. The highest BCUT2D eigenvalue weighted by atomic mass is 32.1. The molecule has 1 aromatic carbocycles. The second kappa shape index (κ2) is 5.30. The van der Waals surface area contributed by atoms with Crippen LogP contribution in [0.1, 0.15) is 31.2 Å². The largest absolute Gasteiger partial charge is 0.493 e. The summed E-state index contributed by atoms with van der Waals surface area (Å²) in [6, 6.07) is 7.72. The molecular weight excluding hydrogens is 218 g/mol. The maximum Gasteiger partial charge on any atom is 0.129 e. The molecule has 0 aromatic heterocycles. The number of rotatable bonds is 4. The van der Waals surface area contributed by atoms with Crippen molar-refractivity contribution in [1.29, 1.82) is 0 Å². The van der Waals surface area contributed by atoms with E-state index in [2.05, 4.69) is 0 Å². The lowest BCUT2D eigenvalue weighted by atomic mass is 10.1. The van der Waals surface area contributed by atoms with Gasteiger partial charge in [-0.2, -0.15) is 0 Å². The first-order chi connectivity index (χ1) is 7.77. The van der Waals surface area contributed by atoms with Crippen LogP contribution in [0.2, 0.25) is 0 Å². The molecule has 1 aromatic rings. The van der Waals surface area contributed by atoms with Crippen LogP contribution in [0, 0.1) is 5.92 Å². The Bertz CT molecular complexity index is 372. The van der Waals surface area contributed by atoms with Gasteiger partial charge in [0.15, 0.2) is 0 Å². The fraction of sp³-hybridized carbons (Fsp3) is 0.462. The summed E-state index contributed by atoms with van der Waals surface area (Å²) in [6.07, 6.45) is 5.25. The molecule has 1 saturated carbocycles. The molecule has 2 N–H and O–H groups in total. The first kappa shape index (κ1) is 11.4. The minimum Gasteiger partial charge on any atom is -0.493 e. The second-order valence-electron chi connectivity index (χ2n) is 4.32. The Morgan fingerprint density at radius 1 is 1.31 bits per heavy atom. The number of hydrogen-bond donors (Lipinski definition) is 1. The molecule has 0 saturated heterocycles. The van der Waals surface area contributed by atoms with Gasteiger partial charge in [0, 0.05) is 0 Å². The Morgan fingerprint density at radius 2 is 2.00 bits per heavy atom. The molecule has 0 heterocycles. The monoisotopic (exact) mass is 235 g/mol. The molecule has 1 aliphatic carbocycles. The summed E-state index contributed by atoms with van der Waals surface area (Å²) in [4.78, 5) is 0.405. The van der Waals surface area contributed by atoms with Gasteiger partial charge in [-0.1, -0.05) is 37.2 Å². The van der Waals surface area contributed by atoms with Crippen LogP contribution in [0.3, 0.4) is 0 Å². The fourth-order valence-electron chi connectivity index (χ4n) is 2.18. The van der Waals surface area contributed by atoms with Crippen LogP contribution in [0.15, 0.2) is 24.3 Å². The second-order valence-corrected chi connectivity index (χ2v) is 4.76. The minimum atomic E-state index is 0.405. The van der Waals surface area contributed by atoms with Gasteiger partial charge < -0.3 is 10.5 Å². The summed E-state index contributed by atoms with van der Waals surface area (Å²) in [6.45, 7) is 0.791. The van der Waals surface area contributed by atoms with E-state index in [1.165, 1.54) is 25.7 Å². The summed E-state index contributed by atoms with van der Waals surface area (Å²) < 4.78 is 5.81. The molecule has 0 atom stereocenters. The summed E-state index contributed by atoms with van der Waals surface area (Å²) in [5, 5.41) is 0. The van der Waals surface area contributed by atoms with Gasteiger partial charge in [-0.15, -0.1) is 0 Å². The van der Waals surface area contributed by atoms with Gasteiger partial charge in [-0.3, -0.25) is 0 Å². The predicted molar refractivity (Wildman–Crippen MR) is 69.8 cm³/mol. The van der Waals surface area contributed by atoms with Crippen LogP contribution < -0.4 is 10.5 Å². The maximum absolute atomic E-state index is 5.81. The Balaban J connectivity index is 2.00. The molecule has 0 bridgehead atoms. The van der Waals surface area contributed by atoms with E-state index in [9.17, 15) is 0 Å². The van der Waals surface area contributed by atoms with E-state index in [0.29, 0.717) is 10.9 Å². The molecule has 3 heteroatoms. The molecule has 2 nitrogen and oxygen atoms in total. The lowest BCUT2D eigenvalue weighted by Gasteiger charge is -2.13. The average Bonchev–Trinajstić information content (AvgIpc) is 2.79. The molecular formula is C13H17NOS. The molecule has 0 spiro atoms. The quantitative estimate of drug-likeness (QED) is 0.815. The molecule has 0 unspecified atom stereocenters. The highest BCUT2D eigenvalue weighted by molar-refractivity contribution is 7.80. The van der Waals surface area contributed by atoms with Crippen molar-refractivity contribution in [2.24, 2.45) is 11.7 Å². The van der Waals surface area contributed by atoms with Crippen molar-refractivity contribution in [3.05, 3.63) is 29.8 Å². The van der Waals surface area contributed by atoms with Gasteiger partial charge in [0.25, 0.3) is 0 Å². The molecule has 0 amide bonds. The number of hydrogen-bond acceptors (Lipinski definition) is 2. The Labute approximate surface area is 102 Å². The summed E-state index contributed by atoms with van der Waals surface area (Å²) in [7, 11) is 0. The number of benzene rings is 1. The Morgan fingerprint density at radius 3 is 2.69 bits per heavy atom. The van der Waals surface area contributed by atoms with Crippen molar-refractivity contribution in [2.45, 2.75) is 25.7 Å². The van der Waals surface area contributed by atoms with Gasteiger partial charge in [0.05, 0.1) is 12.2 Å². The van der Waals surface area contributed by atoms with Crippen molar-refractivity contribution in [2.75, 3.05) is 6.61 Å². The van der Waals surface area contributed by atoms with E-state index in [4.69, 9.17) is 22.7 Å². The molecule has 1 aliphatic rings. The molecule has 86 valence electrons. The van der Waals surface area contributed by atoms with E-state index in [0.717, 1.165) is 17.9 Å². The molecule has 16 heavy (non-hydrogen) atoms. The van der Waals surface area contributed by atoms with Crippen LogP contribution in [0.25, 0.3) is 0 Å². The third-order valence-electron chi connectivity index (χ3n) is 3.10. The van der Waals surface area contributed by atoms with Gasteiger partial charge in [-0.25, -0.2) is 0 Å². The number of para-hydroxylation sites is 1. The normalized spacial score (nSPS) is 16.2. The van der Waals surface area contributed by atoms with Gasteiger partial charge >= 0.3 is 0 Å². The highest BCUT2D eigenvalue weighted by Gasteiger charge is 2.16. The first-order valence-electron chi connectivity index (χ1n) is 5.79. The molecule has 2 rings (SSSR count). The zero-order chi connectivity index (χ0) is 11.4. The Kier molecular flexibility index (Phi) is 3.78. The third-order valence-corrected chi connectivity index (χ3v) is 3.32. The van der Waals surface area contributed by atoms with Crippen molar-refractivity contribution in [3.8, 4) is 5.75 Å². The van der Waals surface area contributed by atoms with Crippen LogP contribution in [0.5, 0.6) is 5.75 Å². The third kappa shape index (κ3) is 2.73. The van der Waals surface area contributed by atoms with Crippen LogP contribution in [-0.4, -0.2) is 11.6 Å². The van der Waals surface area contributed by atoms with Crippen molar-refractivity contribution >= 4 is 17.2 Å². The van der Waals surface area contributed by atoms with E-state index in [1.807, 2.05) is 24.3 Å². The molecule has 0 aliphatic heterocycles. The SMILES string of the molecule is NC(=S)c1ccccc1OCC1CCCC1. The molecule has 1 fully saturated rings. The van der Waals surface area contributed by atoms with Crippen molar-refractivity contribution < 1.29 is 4.74 Å². The maximum atomic E-state index is 5.81. The number of thiocarbonyl (C=S) groups is 1. The lowest BCUT2D eigenvalue weighted by molar-refractivity contribution is 0.252. The van der Waals surface area contributed by atoms with Crippen molar-refractivity contribution in [1.82, 2.24) is 0 Å². The van der Waals surface area contributed by atoms with E-state index < -0.39 is 0 Å². The van der Waals surface area contributed by atoms with Crippen molar-refractivity contribution in [3.63, 3.8) is 0 Å².